The summed E-state index contributed by atoms with van der Waals surface area (Å²) in [5.41, 5.74) is 0. The number of hydrogen-bond acceptors (Lipinski definition) is 2. The van der Waals surface area contributed by atoms with E-state index in [1.54, 1.807) is 0 Å². The Morgan fingerprint density at radius 2 is 2.20 bits per heavy atom. The maximum absolute atomic E-state index is 12.3. The third-order valence-electron chi connectivity index (χ3n) is 2.73. The number of aliphatic hydroxyl groups excluding tert-OH is 1. The highest BCUT2D eigenvalue weighted by atomic mass is 19.4. The summed E-state index contributed by atoms with van der Waals surface area (Å²) in [4.78, 5) is 12.6. The van der Waals surface area contributed by atoms with Crippen LogP contribution in [0.25, 0.3) is 0 Å². The minimum Gasteiger partial charge on any atom is -0.394 e. The molecule has 1 aliphatic rings. The highest BCUT2D eigenvalue weighted by molar-refractivity contribution is 5.79. The molecule has 0 aromatic heterocycles. The van der Waals surface area contributed by atoms with Crippen molar-refractivity contribution in [2.45, 2.75) is 32.0 Å². The highest BCUT2D eigenvalue weighted by Crippen LogP contribution is 2.29. The van der Waals surface area contributed by atoms with E-state index < -0.39 is 24.0 Å². The van der Waals surface area contributed by atoms with E-state index in [9.17, 15) is 18.0 Å². The van der Waals surface area contributed by atoms with Gasteiger partial charge in [-0.15, -0.1) is 0 Å². The topological polar surface area (TPSA) is 40.5 Å². The first kappa shape index (κ1) is 12.3. The van der Waals surface area contributed by atoms with Crippen molar-refractivity contribution >= 4 is 5.91 Å². The predicted molar refractivity (Wildman–Crippen MR) is 47.0 cm³/mol. The summed E-state index contributed by atoms with van der Waals surface area (Å²) >= 11 is 0. The van der Waals surface area contributed by atoms with Gasteiger partial charge in [-0.3, -0.25) is 4.79 Å². The maximum Gasteiger partial charge on any atom is 0.400 e. The molecule has 0 bridgehead atoms. The first-order chi connectivity index (χ1) is 6.88. The third-order valence-corrected chi connectivity index (χ3v) is 2.73. The Morgan fingerprint density at radius 1 is 1.60 bits per heavy atom. The van der Waals surface area contributed by atoms with Crippen LogP contribution in [0, 0.1) is 5.92 Å². The number of alkyl halides is 3. The van der Waals surface area contributed by atoms with Gasteiger partial charge in [0.2, 0.25) is 5.91 Å². The van der Waals surface area contributed by atoms with Crippen LogP contribution in [0.2, 0.25) is 0 Å². The quantitative estimate of drug-likeness (QED) is 0.766. The Kier molecular flexibility index (Phi) is 3.59. The largest absolute Gasteiger partial charge is 0.400 e. The molecule has 0 saturated carbocycles. The summed E-state index contributed by atoms with van der Waals surface area (Å²) in [5.74, 6) is -2.91. The Hall–Kier alpha value is -0.780. The van der Waals surface area contributed by atoms with E-state index in [1.165, 1.54) is 0 Å². The maximum atomic E-state index is 12.3. The molecule has 1 rings (SSSR count). The lowest BCUT2D eigenvalue weighted by molar-refractivity contribution is -0.186. The van der Waals surface area contributed by atoms with Crippen molar-refractivity contribution in [1.82, 2.24) is 4.90 Å². The number of likely N-dealkylation sites (tertiary alicyclic amines) is 1. The molecular formula is C9H14F3NO2. The highest BCUT2D eigenvalue weighted by Gasteiger charge is 2.44. The van der Waals surface area contributed by atoms with Crippen LogP contribution < -0.4 is 0 Å². The number of hydrogen-bond donors (Lipinski definition) is 1. The number of rotatable bonds is 2. The molecule has 15 heavy (non-hydrogen) atoms. The average molecular weight is 225 g/mol. The predicted octanol–water partition coefficient (Wildman–Crippen LogP) is 1.17. The number of nitrogens with zero attached hydrogens (tertiary/aromatic N) is 1. The standard InChI is InChI=1S/C9H14F3NO2/c1-6(9(10,11)12)8(15)13-4-2-3-7(13)5-14/h6-7,14H,2-5H2,1H3/t6?,7-/m0/s1. The molecule has 1 saturated heterocycles. The Labute approximate surface area is 85.9 Å². The van der Waals surface area contributed by atoms with Crippen LogP contribution in [-0.2, 0) is 4.79 Å². The summed E-state index contributed by atoms with van der Waals surface area (Å²) in [6, 6.07) is -0.442. The summed E-state index contributed by atoms with van der Waals surface area (Å²) in [6.07, 6.45) is -3.27. The Morgan fingerprint density at radius 3 is 2.67 bits per heavy atom. The van der Waals surface area contributed by atoms with Crippen LogP contribution in [0.5, 0.6) is 0 Å². The molecule has 1 unspecified atom stereocenters. The first-order valence-electron chi connectivity index (χ1n) is 4.86. The van der Waals surface area contributed by atoms with E-state index >= 15 is 0 Å². The Balaban J connectivity index is 2.68. The SMILES string of the molecule is CC(C(=O)N1CCC[C@H]1CO)C(F)(F)F. The van der Waals surface area contributed by atoms with Crippen molar-refractivity contribution < 1.29 is 23.1 Å². The third kappa shape index (κ3) is 2.62. The number of amides is 1. The van der Waals surface area contributed by atoms with Crippen LogP contribution in [-0.4, -0.2) is 41.3 Å². The fourth-order valence-electron chi connectivity index (χ4n) is 1.70. The Bertz CT molecular complexity index is 242. The second-order valence-electron chi connectivity index (χ2n) is 3.77. The van der Waals surface area contributed by atoms with Crippen molar-refractivity contribution in [3.8, 4) is 0 Å². The molecule has 1 N–H and O–H groups in total. The van der Waals surface area contributed by atoms with Gasteiger partial charge in [0.15, 0.2) is 0 Å². The summed E-state index contributed by atoms with van der Waals surface area (Å²) < 4.78 is 36.8. The van der Waals surface area contributed by atoms with Crippen LogP contribution in [0.3, 0.4) is 0 Å². The van der Waals surface area contributed by atoms with Gasteiger partial charge in [0.1, 0.15) is 5.92 Å². The molecule has 1 heterocycles. The molecule has 0 aromatic rings. The second-order valence-corrected chi connectivity index (χ2v) is 3.77. The van der Waals surface area contributed by atoms with Gasteiger partial charge in [-0.2, -0.15) is 13.2 Å². The lowest BCUT2D eigenvalue weighted by Crippen LogP contribution is -2.44. The van der Waals surface area contributed by atoms with Crippen LogP contribution in [0.4, 0.5) is 13.2 Å². The van der Waals surface area contributed by atoms with Gasteiger partial charge in [0.25, 0.3) is 0 Å². The smallest absolute Gasteiger partial charge is 0.394 e. The molecule has 88 valence electrons. The van der Waals surface area contributed by atoms with Crippen molar-refractivity contribution in [2.24, 2.45) is 5.92 Å². The molecule has 2 atom stereocenters. The molecule has 1 aliphatic heterocycles. The molecule has 1 fully saturated rings. The lowest BCUT2D eigenvalue weighted by atomic mass is 10.1. The van der Waals surface area contributed by atoms with Gasteiger partial charge in [0, 0.05) is 6.54 Å². The molecule has 0 radical (unpaired) electrons. The molecule has 3 nitrogen and oxygen atoms in total. The number of carbonyl (C=O) groups excluding carboxylic acids is 1. The minimum absolute atomic E-state index is 0.268. The first-order valence-corrected chi connectivity index (χ1v) is 4.86. The summed E-state index contributed by atoms with van der Waals surface area (Å²) in [5, 5.41) is 8.89. The van der Waals surface area contributed by atoms with Gasteiger partial charge in [-0.1, -0.05) is 0 Å². The minimum atomic E-state index is -4.50. The van der Waals surface area contributed by atoms with E-state index in [1.807, 2.05) is 0 Å². The van der Waals surface area contributed by atoms with E-state index in [-0.39, 0.29) is 6.61 Å². The zero-order valence-electron chi connectivity index (χ0n) is 8.42. The van der Waals surface area contributed by atoms with E-state index in [0.717, 1.165) is 11.8 Å². The van der Waals surface area contributed by atoms with Gasteiger partial charge >= 0.3 is 6.18 Å². The van der Waals surface area contributed by atoms with E-state index in [4.69, 9.17) is 5.11 Å². The van der Waals surface area contributed by atoms with Gasteiger partial charge in [0.05, 0.1) is 12.6 Å². The summed E-state index contributed by atoms with van der Waals surface area (Å²) in [7, 11) is 0. The molecule has 1 amide bonds. The molecule has 0 aliphatic carbocycles. The number of halogens is 3. The molecule has 0 aromatic carbocycles. The lowest BCUT2D eigenvalue weighted by Gasteiger charge is -2.27. The second kappa shape index (κ2) is 4.38. The van der Waals surface area contributed by atoms with Crippen molar-refractivity contribution in [3.63, 3.8) is 0 Å². The number of aliphatic hydroxyl groups is 1. The monoisotopic (exact) mass is 225 g/mol. The van der Waals surface area contributed by atoms with Crippen molar-refractivity contribution in [2.75, 3.05) is 13.2 Å². The fourth-order valence-corrected chi connectivity index (χ4v) is 1.70. The van der Waals surface area contributed by atoms with Crippen LogP contribution in [0.1, 0.15) is 19.8 Å². The number of carbonyl (C=O) groups is 1. The van der Waals surface area contributed by atoms with Gasteiger partial charge in [-0.05, 0) is 19.8 Å². The zero-order valence-corrected chi connectivity index (χ0v) is 8.42. The summed E-state index contributed by atoms with van der Waals surface area (Å²) in [6.45, 7) is 0.899. The zero-order chi connectivity index (χ0) is 11.6. The average Bonchev–Trinajstić information content (AvgIpc) is 2.61. The molecular weight excluding hydrogens is 211 g/mol. The van der Waals surface area contributed by atoms with E-state index in [2.05, 4.69) is 0 Å². The van der Waals surface area contributed by atoms with Gasteiger partial charge < -0.3 is 10.0 Å². The van der Waals surface area contributed by atoms with E-state index in [0.29, 0.717) is 19.4 Å². The van der Waals surface area contributed by atoms with Crippen molar-refractivity contribution in [1.29, 1.82) is 0 Å². The van der Waals surface area contributed by atoms with Crippen LogP contribution in [0.15, 0.2) is 0 Å². The normalized spacial score (nSPS) is 24.3. The van der Waals surface area contributed by atoms with Crippen LogP contribution >= 0.6 is 0 Å². The van der Waals surface area contributed by atoms with Gasteiger partial charge in [-0.25, -0.2) is 0 Å². The molecule has 6 heteroatoms. The van der Waals surface area contributed by atoms with Crippen molar-refractivity contribution in [3.05, 3.63) is 0 Å². The fraction of sp³-hybridized carbons (Fsp3) is 0.889. The molecule has 0 spiro atoms.